The molecular formula is C28H29Cl2N3O3. The summed E-state index contributed by atoms with van der Waals surface area (Å²) in [6.45, 7) is 3.84. The SMILES string of the molecule is COc1cc2c(cc1OC)[C@@H](C)N(C(=O)C1Cc3ccccc3CN1Cc1c(Cl)cncc1Cl)CC2. The molecule has 2 atom stereocenters. The number of ether oxygens (including phenoxy) is 2. The highest BCUT2D eigenvalue weighted by molar-refractivity contribution is 6.35. The van der Waals surface area contributed by atoms with Gasteiger partial charge in [-0.25, -0.2) is 0 Å². The Hall–Kier alpha value is -2.80. The molecule has 5 rings (SSSR count). The third kappa shape index (κ3) is 4.54. The molecule has 0 saturated heterocycles. The van der Waals surface area contributed by atoms with Crippen molar-refractivity contribution in [1.82, 2.24) is 14.8 Å². The summed E-state index contributed by atoms with van der Waals surface area (Å²) >= 11 is 12.9. The number of hydrogen-bond acceptors (Lipinski definition) is 5. The van der Waals surface area contributed by atoms with Crippen molar-refractivity contribution in [3.8, 4) is 11.5 Å². The van der Waals surface area contributed by atoms with Crippen LogP contribution in [-0.2, 0) is 30.7 Å². The lowest BCUT2D eigenvalue weighted by Crippen LogP contribution is -2.53. The first kappa shape index (κ1) is 24.9. The molecule has 2 aromatic carbocycles. The molecule has 0 aliphatic carbocycles. The van der Waals surface area contributed by atoms with E-state index in [0.717, 1.165) is 17.5 Å². The summed E-state index contributed by atoms with van der Waals surface area (Å²) < 4.78 is 11.0. The fraction of sp³-hybridized carbons (Fsp3) is 0.357. The van der Waals surface area contributed by atoms with Gasteiger partial charge in [-0.3, -0.25) is 14.7 Å². The van der Waals surface area contributed by atoms with Crippen LogP contribution in [-0.4, -0.2) is 47.5 Å². The summed E-state index contributed by atoms with van der Waals surface area (Å²) in [6, 6.07) is 11.9. The number of carbonyl (C=O) groups excluding carboxylic acids is 1. The Morgan fingerprint density at radius 3 is 2.39 bits per heavy atom. The molecule has 3 heterocycles. The van der Waals surface area contributed by atoms with Crippen LogP contribution >= 0.6 is 23.2 Å². The van der Waals surface area contributed by atoms with Gasteiger partial charge < -0.3 is 14.4 Å². The summed E-state index contributed by atoms with van der Waals surface area (Å²) in [6.07, 6.45) is 4.60. The van der Waals surface area contributed by atoms with Crippen molar-refractivity contribution < 1.29 is 14.3 Å². The van der Waals surface area contributed by atoms with Gasteiger partial charge in [0.1, 0.15) is 0 Å². The van der Waals surface area contributed by atoms with Gasteiger partial charge >= 0.3 is 0 Å². The van der Waals surface area contributed by atoms with Gasteiger partial charge in [-0.1, -0.05) is 47.5 Å². The van der Waals surface area contributed by atoms with E-state index < -0.39 is 0 Å². The van der Waals surface area contributed by atoms with E-state index in [1.807, 2.05) is 29.2 Å². The lowest BCUT2D eigenvalue weighted by molar-refractivity contribution is -0.140. The summed E-state index contributed by atoms with van der Waals surface area (Å²) in [7, 11) is 3.27. The van der Waals surface area contributed by atoms with Crippen molar-refractivity contribution in [3.63, 3.8) is 0 Å². The summed E-state index contributed by atoms with van der Waals surface area (Å²) in [5, 5.41) is 1.02. The fourth-order valence-corrected chi connectivity index (χ4v) is 5.90. The molecule has 0 N–H and O–H groups in total. The molecule has 0 bridgehead atoms. The van der Waals surface area contributed by atoms with Crippen LogP contribution in [0.2, 0.25) is 10.0 Å². The third-order valence-corrected chi connectivity index (χ3v) is 8.06. The molecule has 2 aliphatic rings. The van der Waals surface area contributed by atoms with Gasteiger partial charge in [0.15, 0.2) is 11.5 Å². The molecule has 0 spiro atoms. The number of halogens is 2. The van der Waals surface area contributed by atoms with Gasteiger partial charge in [0.2, 0.25) is 5.91 Å². The Kier molecular flexibility index (Phi) is 7.11. The Morgan fingerprint density at radius 1 is 1.03 bits per heavy atom. The lowest BCUT2D eigenvalue weighted by Gasteiger charge is -2.42. The average Bonchev–Trinajstić information content (AvgIpc) is 2.89. The van der Waals surface area contributed by atoms with Crippen LogP contribution in [0.5, 0.6) is 11.5 Å². The van der Waals surface area contributed by atoms with E-state index in [1.165, 1.54) is 16.7 Å². The zero-order valence-electron chi connectivity index (χ0n) is 20.6. The minimum absolute atomic E-state index is 0.0897. The molecule has 36 heavy (non-hydrogen) atoms. The van der Waals surface area contributed by atoms with E-state index in [2.05, 4.69) is 28.9 Å². The number of rotatable bonds is 5. The molecule has 1 unspecified atom stereocenters. The van der Waals surface area contributed by atoms with Gasteiger partial charge in [-0.2, -0.15) is 0 Å². The van der Waals surface area contributed by atoms with Crippen molar-refractivity contribution >= 4 is 29.1 Å². The zero-order chi connectivity index (χ0) is 25.4. The molecule has 0 radical (unpaired) electrons. The predicted octanol–water partition coefficient (Wildman–Crippen LogP) is 5.48. The number of methoxy groups -OCH3 is 2. The molecule has 3 aromatic rings. The van der Waals surface area contributed by atoms with Crippen molar-refractivity contribution in [1.29, 1.82) is 0 Å². The number of fused-ring (bicyclic) bond motifs is 2. The number of pyridine rings is 1. The lowest BCUT2D eigenvalue weighted by atomic mass is 9.89. The first-order chi connectivity index (χ1) is 17.4. The van der Waals surface area contributed by atoms with E-state index in [-0.39, 0.29) is 18.0 Å². The molecule has 1 amide bonds. The quantitative estimate of drug-likeness (QED) is 0.441. The van der Waals surface area contributed by atoms with Gasteiger partial charge in [0.05, 0.1) is 36.3 Å². The zero-order valence-corrected chi connectivity index (χ0v) is 22.1. The highest BCUT2D eigenvalue weighted by atomic mass is 35.5. The molecular weight excluding hydrogens is 497 g/mol. The van der Waals surface area contributed by atoms with Crippen LogP contribution in [0.4, 0.5) is 0 Å². The van der Waals surface area contributed by atoms with Crippen molar-refractivity contribution in [3.05, 3.63) is 86.7 Å². The molecule has 1 aromatic heterocycles. The Bertz CT molecular complexity index is 1280. The van der Waals surface area contributed by atoms with Gasteiger partial charge in [0, 0.05) is 37.6 Å². The minimum atomic E-state index is -0.329. The number of benzene rings is 2. The number of hydrogen-bond donors (Lipinski definition) is 0. The normalized spacial score (nSPS) is 19.4. The Morgan fingerprint density at radius 2 is 1.69 bits per heavy atom. The van der Waals surface area contributed by atoms with Gasteiger partial charge in [0.25, 0.3) is 0 Å². The van der Waals surface area contributed by atoms with Crippen LogP contribution in [0.3, 0.4) is 0 Å². The van der Waals surface area contributed by atoms with Crippen molar-refractivity contribution in [2.24, 2.45) is 0 Å². The molecule has 188 valence electrons. The molecule has 0 fully saturated rings. The number of nitrogens with zero attached hydrogens (tertiary/aromatic N) is 3. The topological polar surface area (TPSA) is 54.9 Å². The van der Waals surface area contributed by atoms with Crippen LogP contribution in [0.1, 0.15) is 40.8 Å². The number of aromatic nitrogens is 1. The largest absolute Gasteiger partial charge is 0.493 e. The second kappa shape index (κ2) is 10.3. The average molecular weight is 526 g/mol. The van der Waals surface area contributed by atoms with E-state index in [1.54, 1.807) is 26.6 Å². The molecule has 0 saturated carbocycles. The fourth-order valence-electron chi connectivity index (χ4n) is 5.42. The van der Waals surface area contributed by atoms with E-state index >= 15 is 0 Å². The number of amides is 1. The molecule has 6 nitrogen and oxygen atoms in total. The summed E-state index contributed by atoms with van der Waals surface area (Å²) in [5.41, 5.74) is 5.49. The number of carbonyl (C=O) groups is 1. The first-order valence-electron chi connectivity index (χ1n) is 12.0. The van der Waals surface area contributed by atoms with Gasteiger partial charge in [-0.15, -0.1) is 0 Å². The monoisotopic (exact) mass is 525 g/mol. The van der Waals surface area contributed by atoms with Crippen molar-refractivity contribution in [2.75, 3.05) is 20.8 Å². The highest BCUT2D eigenvalue weighted by Crippen LogP contribution is 2.39. The van der Waals surface area contributed by atoms with Crippen LogP contribution in [0.15, 0.2) is 48.8 Å². The smallest absolute Gasteiger partial charge is 0.240 e. The minimum Gasteiger partial charge on any atom is -0.493 e. The van der Waals surface area contributed by atoms with Crippen LogP contribution in [0, 0.1) is 0 Å². The molecule has 2 aliphatic heterocycles. The second-order valence-corrected chi connectivity index (χ2v) is 10.2. The maximum absolute atomic E-state index is 14.2. The van der Waals surface area contributed by atoms with Gasteiger partial charge in [-0.05, 0) is 54.2 Å². The molecule has 8 heteroatoms. The van der Waals surface area contributed by atoms with E-state index in [4.69, 9.17) is 32.7 Å². The van der Waals surface area contributed by atoms with Crippen LogP contribution in [0.25, 0.3) is 0 Å². The maximum atomic E-state index is 14.2. The summed E-state index contributed by atoms with van der Waals surface area (Å²) in [5.74, 6) is 1.50. The predicted molar refractivity (Wildman–Crippen MR) is 141 cm³/mol. The van der Waals surface area contributed by atoms with Crippen molar-refractivity contribution in [2.45, 2.75) is 44.9 Å². The van der Waals surface area contributed by atoms with E-state index in [0.29, 0.717) is 47.6 Å². The second-order valence-electron chi connectivity index (χ2n) is 9.34. The maximum Gasteiger partial charge on any atom is 0.240 e. The highest BCUT2D eigenvalue weighted by Gasteiger charge is 2.38. The summed E-state index contributed by atoms with van der Waals surface area (Å²) in [4.78, 5) is 22.4. The first-order valence-corrected chi connectivity index (χ1v) is 12.8. The Labute approximate surface area is 221 Å². The van der Waals surface area contributed by atoms with Crippen LogP contribution < -0.4 is 9.47 Å². The Balaban J connectivity index is 1.47. The van der Waals surface area contributed by atoms with E-state index in [9.17, 15) is 4.79 Å². The third-order valence-electron chi connectivity index (χ3n) is 7.41. The standard InChI is InChI=1S/C28H29Cl2N3O3/c1-17-21-12-27(36-3)26(35-2)11-19(21)8-9-33(17)28(34)25-10-18-6-4-5-7-20(18)15-32(25)16-22-23(29)13-31-14-24(22)30/h4-7,11-14,17,25H,8-10,15-16H2,1-3H3/t17-,25?/m1/s1.